The molecule has 0 saturated carbocycles. The summed E-state index contributed by atoms with van der Waals surface area (Å²) in [5.41, 5.74) is 0. The highest BCUT2D eigenvalue weighted by Gasteiger charge is 2.30. The molecule has 17 nitrogen and oxygen atoms in total. The first-order valence-electron chi connectivity index (χ1n) is 36.3. The predicted molar refractivity (Wildman–Crippen MR) is 358 cm³/mol. The maximum Gasteiger partial charge on any atom is 0.472 e. The lowest BCUT2D eigenvalue weighted by Gasteiger charge is -2.21. The number of aliphatic hydroxyl groups excluding tert-OH is 1. The molecule has 0 aromatic rings. The van der Waals surface area contributed by atoms with Gasteiger partial charge in [0, 0.05) is 25.7 Å². The van der Waals surface area contributed by atoms with E-state index in [-0.39, 0.29) is 25.7 Å². The van der Waals surface area contributed by atoms with Crippen molar-refractivity contribution in [2.24, 2.45) is 17.8 Å². The van der Waals surface area contributed by atoms with E-state index in [1.54, 1.807) is 0 Å². The minimum Gasteiger partial charge on any atom is -0.462 e. The van der Waals surface area contributed by atoms with Crippen molar-refractivity contribution in [1.82, 2.24) is 0 Å². The molecule has 0 rings (SSSR count). The van der Waals surface area contributed by atoms with E-state index in [1.165, 1.54) is 154 Å². The van der Waals surface area contributed by atoms with Crippen molar-refractivity contribution >= 4 is 39.5 Å². The molecule has 0 aliphatic heterocycles. The lowest BCUT2D eigenvalue weighted by molar-refractivity contribution is -0.161. The monoisotopic (exact) mass is 1310 g/mol. The second-order valence-electron chi connectivity index (χ2n) is 26.7. The molecule has 2 unspecified atom stereocenters. The highest BCUT2D eigenvalue weighted by Crippen LogP contribution is 2.45. The van der Waals surface area contributed by atoms with Gasteiger partial charge >= 0.3 is 39.5 Å². The van der Waals surface area contributed by atoms with Gasteiger partial charge in [-0.15, -0.1) is 0 Å². The van der Waals surface area contributed by atoms with E-state index in [1.807, 2.05) is 0 Å². The number of hydrogen-bond acceptors (Lipinski definition) is 15. The summed E-state index contributed by atoms with van der Waals surface area (Å²) >= 11 is 0. The topological polar surface area (TPSA) is 237 Å². The molecule has 0 spiro atoms. The van der Waals surface area contributed by atoms with E-state index in [9.17, 15) is 43.2 Å². The Kier molecular flexibility index (Phi) is 59.6. The first-order chi connectivity index (χ1) is 42.7. The number of carbonyl (C=O) groups is 4. The quantitative estimate of drug-likeness (QED) is 0.0222. The summed E-state index contributed by atoms with van der Waals surface area (Å²) in [7, 11) is -9.90. The average Bonchev–Trinajstić information content (AvgIpc) is 3.70. The van der Waals surface area contributed by atoms with Crippen LogP contribution in [0.4, 0.5) is 0 Å². The van der Waals surface area contributed by atoms with Gasteiger partial charge in [-0.1, -0.05) is 299 Å². The maximum atomic E-state index is 13.0. The highest BCUT2D eigenvalue weighted by molar-refractivity contribution is 7.47. The van der Waals surface area contributed by atoms with Crippen LogP contribution in [0.3, 0.4) is 0 Å². The van der Waals surface area contributed by atoms with E-state index in [0.717, 1.165) is 102 Å². The van der Waals surface area contributed by atoms with Gasteiger partial charge in [0.1, 0.15) is 19.3 Å². The molecule has 0 heterocycles. The SMILES string of the molecule is CCCCCCCCCCCCCC(=O)OC[C@H](COP(=O)(O)OC[C@@H](O)COP(=O)(O)OC[C@@H](COC(=O)CCCCCCCCCC(C)C)OC(=O)CCCCCCCCCC(C)C)OC(=O)CCCCCCCCCCCCCCCCCC(C)C. The Hall–Kier alpha value is -1.94. The summed E-state index contributed by atoms with van der Waals surface area (Å²) in [6.07, 6.45) is 44.6. The molecular formula is C70H136O17P2. The molecule has 0 amide bonds. The van der Waals surface area contributed by atoms with E-state index in [4.69, 9.17) is 37.0 Å². The minimum absolute atomic E-state index is 0.103. The van der Waals surface area contributed by atoms with Crippen LogP contribution in [0.2, 0.25) is 0 Å². The normalized spacial score (nSPS) is 14.2. The minimum atomic E-state index is -4.95. The number of phosphoric ester groups is 2. The Morgan fingerprint density at radius 2 is 0.517 bits per heavy atom. The molecule has 0 radical (unpaired) electrons. The number of ether oxygens (including phenoxy) is 4. The second kappa shape index (κ2) is 61.0. The lowest BCUT2D eigenvalue weighted by Crippen LogP contribution is -2.30. The predicted octanol–water partition coefficient (Wildman–Crippen LogP) is 19.8. The van der Waals surface area contributed by atoms with Crippen LogP contribution in [0.1, 0.15) is 350 Å². The van der Waals surface area contributed by atoms with E-state index >= 15 is 0 Å². The Morgan fingerprint density at radius 3 is 0.764 bits per heavy atom. The van der Waals surface area contributed by atoms with Crippen LogP contribution in [0.15, 0.2) is 0 Å². The van der Waals surface area contributed by atoms with Gasteiger partial charge in [-0.05, 0) is 43.4 Å². The third-order valence-electron chi connectivity index (χ3n) is 16.1. The number of hydrogen-bond donors (Lipinski definition) is 3. The summed E-state index contributed by atoms with van der Waals surface area (Å²) < 4.78 is 68.2. The number of aliphatic hydroxyl groups is 1. The molecule has 528 valence electrons. The summed E-state index contributed by atoms with van der Waals surface area (Å²) in [5, 5.41) is 10.6. The van der Waals surface area contributed by atoms with Crippen LogP contribution in [-0.4, -0.2) is 96.7 Å². The Labute approximate surface area is 543 Å². The molecule has 0 aliphatic rings. The van der Waals surface area contributed by atoms with Crippen molar-refractivity contribution in [1.29, 1.82) is 0 Å². The van der Waals surface area contributed by atoms with Crippen molar-refractivity contribution in [3.63, 3.8) is 0 Å². The highest BCUT2D eigenvalue weighted by atomic mass is 31.2. The molecule has 89 heavy (non-hydrogen) atoms. The maximum absolute atomic E-state index is 13.0. The van der Waals surface area contributed by atoms with Gasteiger partial charge in [-0.3, -0.25) is 37.3 Å². The summed E-state index contributed by atoms with van der Waals surface area (Å²) in [6, 6.07) is 0. The number of unbranched alkanes of at least 4 members (excludes halogenated alkanes) is 36. The van der Waals surface area contributed by atoms with Crippen molar-refractivity contribution < 1.29 is 80.2 Å². The Morgan fingerprint density at radius 1 is 0.303 bits per heavy atom. The third-order valence-corrected chi connectivity index (χ3v) is 18.0. The molecule has 0 bridgehead atoms. The van der Waals surface area contributed by atoms with Gasteiger partial charge in [0.15, 0.2) is 12.2 Å². The molecule has 0 saturated heterocycles. The molecule has 0 fully saturated rings. The first kappa shape index (κ1) is 87.1. The molecule has 0 aromatic carbocycles. The zero-order valence-corrected chi connectivity index (χ0v) is 59.7. The van der Waals surface area contributed by atoms with Crippen LogP contribution in [0.5, 0.6) is 0 Å². The molecule has 19 heteroatoms. The fourth-order valence-electron chi connectivity index (χ4n) is 10.5. The van der Waals surface area contributed by atoms with Crippen LogP contribution in [0, 0.1) is 17.8 Å². The first-order valence-corrected chi connectivity index (χ1v) is 39.3. The van der Waals surface area contributed by atoms with Gasteiger partial charge in [0.05, 0.1) is 26.4 Å². The largest absolute Gasteiger partial charge is 0.472 e. The van der Waals surface area contributed by atoms with Crippen LogP contribution in [0.25, 0.3) is 0 Å². The molecular weight excluding hydrogens is 1170 g/mol. The smallest absolute Gasteiger partial charge is 0.462 e. The zero-order chi connectivity index (χ0) is 65.9. The molecule has 0 aromatic heterocycles. The van der Waals surface area contributed by atoms with Gasteiger partial charge in [0.25, 0.3) is 0 Å². The lowest BCUT2D eigenvalue weighted by atomic mass is 10.0. The molecule has 3 N–H and O–H groups in total. The number of rotatable bonds is 68. The second-order valence-corrected chi connectivity index (χ2v) is 29.6. The van der Waals surface area contributed by atoms with Gasteiger partial charge in [0.2, 0.25) is 0 Å². The standard InChI is InChI=1S/C70H136O17P2/c1-8-9-10-11-12-13-19-23-30-37-44-51-67(72)80-57-65(86-69(74)53-46-39-31-24-21-18-16-14-15-17-20-22-27-34-41-48-61(2)3)59-84-88(76,77)82-55-64(71)56-83-89(78,79)85-60-66(87-70(75)54-47-40-33-26-29-36-43-50-63(6)7)58-81-68(73)52-45-38-32-25-28-35-42-49-62(4)5/h61-66,71H,8-60H2,1-7H3,(H,76,77)(H,78,79)/t64-,65-,66-/m1/s1. The van der Waals surface area contributed by atoms with Crippen molar-refractivity contribution in [3.8, 4) is 0 Å². The summed E-state index contributed by atoms with van der Waals surface area (Å²) in [4.78, 5) is 72.5. The van der Waals surface area contributed by atoms with Gasteiger partial charge in [-0.2, -0.15) is 0 Å². The van der Waals surface area contributed by atoms with E-state index in [0.29, 0.717) is 37.5 Å². The Balaban J connectivity index is 5.21. The third kappa shape index (κ3) is 64.6. The van der Waals surface area contributed by atoms with Gasteiger partial charge < -0.3 is 33.8 Å². The fraction of sp³-hybridized carbons (Fsp3) is 0.943. The average molecular weight is 1310 g/mol. The number of esters is 4. The van der Waals surface area contributed by atoms with Crippen molar-refractivity contribution in [2.45, 2.75) is 369 Å². The van der Waals surface area contributed by atoms with Crippen molar-refractivity contribution in [3.05, 3.63) is 0 Å². The van der Waals surface area contributed by atoms with E-state index in [2.05, 4.69) is 48.5 Å². The van der Waals surface area contributed by atoms with Crippen LogP contribution >= 0.6 is 15.6 Å². The number of phosphoric acid groups is 2. The number of carbonyl (C=O) groups excluding carboxylic acids is 4. The Bertz CT molecular complexity index is 1750. The zero-order valence-electron chi connectivity index (χ0n) is 57.9. The van der Waals surface area contributed by atoms with Crippen LogP contribution < -0.4 is 0 Å². The van der Waals surface area contributed by atoms with E-state index < -0.39 is 97.5 Å². The van der Waals surface area contributed by atoms with Crippen molar-refractivity contribution in [2.75, 3.05) is 39.6 Å². The summed E-state index contributed by atoms with van der Waals surface area (Å²) in [6.45, 7) is 11.7. The summed E-state index contributed by atoms with van der Waals surface area (Å²) in [5.74, 6) is 0.0744. The van der Waals surface area contributed by atoms with Gasteiger partial charge in [-0.25, -0.2) is 9.13 Å². The fourth-order valence-corrected chi connectivity index (χ4v) is 12.1. The van der Waals surface area contributed by atoms with Crippen LogP contribution in [-0.2, 0) is 65.4 Å². The molecule has 5 atom stereocenters. The molecule has 0 aliphatic carbocycles.